The summed E-state index contributed by atoms with van der Waals surface area (Å²) >= 11 is 0. The number of aromatic carboxylic acids is 1. The second kappa shape index (κ2) is 6.62. The second-order valence-electron chi connectivity index (χ2n) is 5.56. The Morgan fingerprint density at radius 1 is 1.14 bits per heavy atom. The van der Waals surface area contributed by atoms with E-state index in [-0.39, 0.29) is 6.04 Å². The predicted molar refractivity (Wildman–Crippen MR) is 87.6 cm³/mol. The molecule has 4 nitrogen and oxygen atoms in total. The summed E-state index contributed by atoms with van der Waals surface area (Å²) in [5.74, 6) is -0.868. The van der Waals surface area contributed by atoms with Crippen molar-refractivity contribution in [1.29, 1.82) is 0 Å². The van der Waals surface area contributed by atoms with Gasteiger partial charge < -0.3 is 15.3 Å². The van der Waals surface area contributed by atoms with Crippen LogP contribution in [0, 0.1) is 0 Å². The van der Waals surface area contributed by atoms with Crippen molar-refractivity contribution in [3.8, 4) is 0 Å². The molecule has 0 aromatic heterocycles. The van der Waals surface area contributed by atoms with E-state index in [0.29, 0.717) is 5.56 Å². The lowest BCUT2D eigenvalue weighted by Crippen LogP contribution is -2.52. The van der Waals surface area contributed by atoms with Gasteiger partial charge in [0.15, 0.2) is 0 Å². The minimum atomic E-state index is -0.868. The van der Waals surface area contributed by atoms with Crippen LogP contribution < -0.4 is 10.2 Å². The maximum absolute atomic E-state index is 11.5. The number of rotatable bonds is 4. The molecule has 0 spiro atoms. The highest BCUT2D eigenvalue weighted by atomic mass is 16.4. The van der Waals surface area contributed by atoms with Crippen LogP contribution in [0.25, 0.3) is 0 Å². The van der Waals surface area contributed by atoms with Crippen LogP contribution in [0.3, 0.4) is 0 Å². The van der Waals surface area contributed by atoms with Gasteiger partial charge in [0.05, 0.1) is 11.3 Å². The van der Waals surface area contributed by atoms with Crippen LogP contribution in [-0.2, 0) is 6.42 Å². The fraction of sp³-hybridized carbons (Fsp3) is 0.278. The Morgan fingerprint density at radius 2 is 1.86 bits per heavy atom. The third-order valence-electron chi connectivity index (χ3n) is 4.11. The van der Waals surface area contributed by atoms with Crippen molar-refractivity contribution in [2.75, 3.05) is 24.5 Å². The molecule has 1 fully saturated rings. The first-order chi connectivity index (χ1) is 10.8. The number of carboxylic acids is 1. The van der Waals surface area contributed by atoms with Crippen LogP contribution in [0.5, 0.6) is 0 Å². The SMILES string of the molecule is O=C(O)c1ccccc1N1CCNCC1Cc1ccccc1. The highest BCUT2D eigenvalue weighted by Gasteiger charge is 2.25. The molecule has 1 saturated heterocycles. The third kappa shape index (κ3) is 3.12. The topological polar surface area (TPSA) is 52.6 Å². The average Bonchev–Trinajstić information content (AvgIpc) is 2.56. The van der Waals surface area contributed by atoms with E-state index in [4.69, 9.17) is 0 Å². The maximum atomic E-state index is 11.5. The molecule has 0 radical (unpaired) electrons. The average molecular weight is 296 g/mol. The monoisotopic (exact) mass is 296 g/mol. The first kappa shape index (κ1) is 14.6. The molecule has 1 heterocycles. The van der Waals surface area contributed by atoms with Crippen LogP contribution in [0.2, 0.25) is 0 Å². The van der Waals surface area contributed by atoms with Gasteiger partial charge in [-0.15, -0.1) is 0 Å². The highest BCUT2D eigenvalue weighted by molar-refractivity contribution is 5.94. The van der Waals surface area contributed by atoms with Crippen molar-refractivity contribution in [3.05, 3.63) is 65.7 Å². The molecule has 4 heteroatoms. The Balaban J connectivity index is 1.88. The highest BCUT2D eigenvalue weighted by Crippen LogP contribution is 2.25. The summed E-state index contributed by atoms with van der Waals surface area (Å²) in [6, 6.07) is 17.9. The minimum Gasteiger partial charge on any atom is -0.478 e. The fourth-order valence-corrected chi connectivity index (χ4v) is 3.05. The maximum Gasteiger partial charge on any atom is 0.337 e. The van der Waals surface area contributed by atoms with Gasteiger partial charge in [-0.05, 0) is 24.1 Å². The van der Waals surface area contributed by atoms with Crippen molar-refractivity contribution in [3.63, 3.8) is 0 Å². The van der Waals surface area contributed by atoms with E-state index in [1.165, 1.54) is 5.56 Å². The van der Waals surface area contributed by atoms with E-state index in [1.54, 1.807) is 12.1 Å². The predicted octanol–water partition coefficient (Wildman–Crippen LogP) is 2.41. The molecule has 0 saturated carbocycles. The standard InChI is InChI=1S/C18H20N2O2/c21-18(22)16-8-4-5-9-17(16)20-11-10-19-13-15(20)12-14-6-2-1-3-7-14/h1-9,15,19H,10-13H2,(H,21,22). The quantitative estimate of drug-likeness (QED) is 0.910. The lowest BCUT2D eigenvalue weighted by atomic mass is 10.0. The van der Waals surface area contributed by atoms with Crippen LogP contribution in [0.4, 0.5) is 5.69 Å². The van der Waals surface area contributed by atoms with Gasteiger partial charge >= 0.3 is 5.97 Å². The van der Waals surface area contributed by atoms with Crippen molar-refractivity contribution >= 4 is 11.7 Å². The second-order valence-corrected chi connectivity index (χ2v) is 5.56. The molecule has 22 heavy (non-hydrogen) atoms. The molecule has 114 valence electrons. The number of piperazine rings is 1. The number of nitrogens with zero attached hydrogens (tertiary/aromatic N) is 1. The van der Waals surface area contributed by atoms with Gasteiger partial charge in [0.1, 0.15) is 0 Å². The van der Waals surface area contributed by atoms with Crippen LogP contribution in [0.1, 0.15) is 15.9 Å². The van der Waals surface area contributed by atoms with E-state index in [9.17, 15) is 9.90 Å². The Kier molecular flexibility index (Phi) is 4.39. The summed E-state index contributed by atoms with van der Waals surface area (Å²) in [7, 11) is 0. The normalized spacial score (nSPS) is 18.2. The molecule has 2 aromatic rings. The summed E-state index contributed by atoms with van der Waals surface area (Å²) < 4.78 is 0. The minimum absolute atomic E-state index is 0.261. The van der Waals surface area contributed by atoms with Crippen molar-refractivity contribution in [1.82, 2.24) is 5.32 Å². The summed E-state index contributed by atoms with van der Waals surface area (Å²) in [6.07, 6.45) is 0.905. The number of carboxylic acid groups (broad SMARTS) is 1. The third-order valence-corrected chi connectivity index (χ3v) is 4.11. The van der Waals surface area contributed by atoms with E-state index in [2.05, 4.69) is 22.3 Å². The molecule has 0 amide bonds. The van der Waals surface area contributed by atoms with E-state index < -0.39 is 5.97 Å². The number of carbonyl (C=O) groups is 1. The van der Waals surface area contributed by atoms with Crippen molar-refractivity contribution in [2.45, 2.75) is 12.5 Å². The molecule has 3 rings (SSSR count). The largest absolute Gasteiger partial charge is 0.478 e. The van der Waals surface area contributed by atoms with Crippen LogP contribution in [0.15, 0.2) is 54.6 Å². The molecule has 1 atom stereocenters. The number of hydrogen-bond acceptors (Lipinski definition) is 3. The zero-order valence-electron chi connectivity index (χ0n) is 12.4. The Labute approximate surface area is 130 Å². The molecule has 1 aliphatic rings. The smallest absolute Gasteiger partial charge is 0.337 e. The molecular formula is C18H20N2O2. The summed E-state index contributed by atoms with van der Waals surface area (Å²) in [6.45, 7) is 2.56. The zero-order valence-corrected chi connectivity index (χ0v) is 12.4. The van der Waals surface area contributed by atoms with Crippen molar-refractivity contribution < 1.29 is 9.90 Å². The first-order valence-corrected chi connectivity index (χ1v) is 7.59. The molecule has 0 aliphatic carbocycles. The summed E-state index contributed by atoms with van der Waals surface area (Å²) in [4.78, 5) is 13.7. The van der Waals surface area contributed by atoms with Gasteiger partial charge in [-0.1, -0.05) is 42.5 Å². The van der Waals surface area contributed by atoms with Gasteiger partial charge in [-0.25, -0.2) is 4.79 Å². The van der Waals surface area contributed by atoms with Crippen LogP contribution >= 0.6 is 0 Å². The van der Waals surface area contributed by atoms with Gasteiger partial charge in [0, 0.05) is 25.7 Å². The van der Waals surface area contributed by atoms with E-state index in [1.807, 2.05) is 30.3 Å². The number of benzene rings is 2. The van der Waals surface area contributed by atoms with Gasteiger partial charge in [0.25, 0.3) is 0 Å². The molecule has 1 unspecified atom stereocenters. The zero-order chi connectivity index (χ0) is 15.4. The molecule has 2 N–H and O–H groups in total. The molecule has 0 bridgehead atoms. The summed E-state index contributed by atoms with van der Waals surface area (Å²) in [5.41, 5.74) is 2.47. The fourth-order valence-electron chi connectivity index (χ4n) is 3.05. The van der Waals surface area contributed by atoms with Crippen molar-refractivity contribution in [2.24, 2.45) is 0 Å². The number of anilines is 1. The lowest BCUT2D eigenvalue weighted by molar-refractivity contribution is 0.0697. The molecular weight excluding hydrogens is 276 g/mol. The van der Waals surface area contributed by atoms with Gasteiger partial charge in [0.2, 0.25) is 0 Å². The van der Waals surface area contributed by atoms with E-state index >= 15 is 0 Å². The Bertz CT molecular complexity index is 643. The number of hydrogen-bond donors (Lipinski definition) is 2. The Hall–Kier alpha value is -2.33. The molecule has 1 aliphatic heterocycles. The van der Waals surface area contributed by atoms with Crippen LogP contribution in [-0.4, -0.2) is 36.8 Å². The number of para-hydroxylation sites is 1. The van der Waals surface area contributed by atoms with Gasteiger partial charge in [-0.3, -0.25) is 0 Å². The number of nitrogens with one attached hydrogen (secondary N) is 1. The first-order valence-electron chi connectivity index (χ1n) is 7.59. The van der Waals surface area contributed by atoms with Gasteiger partial charge in [-0.2, -0.15) is 0 Å². The lowest BCUT2D eigenvalue weighted by Gasteiger charge is -2.38. The van der Waals surface area contributed by atoms with E-state index in [0.717, 1.165) is 31.7 Å². The molecule has 2 aromatic carbocycles. The Morgan fingerprint density at radius 3 is 2.64 bits per heavy atom. The summed E-state index contributed by atoms with van der Waals surface area (Å²) in [5, 5.41) is 12.8.